The largest absolute Gasteiger partial charge is 0.357 e. The maximum Gasteiger partial charge on any atom is 0.296 e. The lowest BCUT2D eigenvalue weighted by atomic mass is 10.0. The van der Waals surface area contributed by atoms with Crippen LogP contribution in [0.25, 0.3) is 11.8 Å². The van der Waals surface area contributed by atoms with Gasteiger partial charge in [-0.05, 0) is 56.9 Å². The summed E-state index contributed by atoms with van der Waals surface area (Å²) < 4.78 is 5.20. The number of nitriles is 1. The smallest absolute Gasteiger partial charge is 0.296 e. The van der Waals surface area contributed by atoms with E-state index in [-0.39, 0.29) is 26.7 Å². The summed E-state index contributed by atoms with van der Waals surface area (Å²) in [5.74, 6) is 0.344. The number of nitrogens with zero attached hydrogens (tertiary/aromatic N) is 6. The van der Waals surface area contributed by atoms with Crippen molar-refractivity contribution in [2.24, 2.45) is 7.05 Å². The van der Waals surface area contributed by atoms with Gasteiger partial charge in [-0.3, -0.25) is 28.5 Å². The standard InChI is InChI=1S/C31H34N6O3S2/c1-5-15-35-27(34-16-11-6-7-12-17-34)23(20(2)24(19-32)28(35)38)18-25-29(39)36(31(41)42-25)26-21(3)33(4)37(30(26)40)22-13-9-8-10-14-22/h8-10,13-14,18H,5-7,11-12,15-17H2,1-4H3. The molecular weight excluding hydrogens is 569 g/mol. The van der Waals surface area contributed by atoms with Crippen LogP contribution in [0.15, 0.2) is 44.8 Å². The molecule has 0 atom stereocenters. The van der Waals surface area contributed by atoms with Gasteiger partial charge in [-0.1, -0.05) is 61.9 Å². The molecule has 2 saturated heterocycles. The van der Waals surface area contributed by atoms with Gasteiger partial charge in [0.1, 0.15) is 23.1 Å². The SMILES string of the molecule is CCCn1c(N2CCCCCC2)c(C=C2SC(=S)N(c3c(C)n(C)n(-c4ccccc4)c3=O)C2=O)c(C)c(C#N)c1=O. The number of carbonyl (C=O) groups is 1. The molecular formula is C31H34N6O3S2. The number of thioether (sulfide) groups is 1. The van der Waals surface area contributed by atoms with Crippen molar-refractivity contribution in [3.8, 4) is 11.8 Å². The number of pyridine rings is 1. The number of rotatable bonds is 6. The van der Waals surface area contributed by atoms with Gasteiger partial charge in [0.2, 0.25) is 0 Å². The van der Waals surface area contributed by atoms with Crippen molar-refractivity contribution in [1.29, 1.82) is 5.26 Å². The third-order valence-corrected chi connectivity index (χ3v) is 9.32. The Labute approximate surface area is 254 Å². The molecule has 5 rings (SSSR count). The van der Waals surface area contributed by atoms with Crippen LogP contribution in [-0.4, -0.2) is 37.2 Å². The van der Waals surface area contributed by atoms with E-state index in [2.05, 4.69) is 11.0 Å². The number of hydrogen-bond donors (Lipinski definition) is 0. The molecule has 2 aliphatic rings. The Morgan fingerprint density at radius 3 is 2.31 bits per heavy atom. The topological polar surface area (TPSA) is 96.3 Å². The van der Waals surface area contributed by atoms with E-state index in [4.69, 9.17) is 12.2 Å². The van der Waals surface area contributed by atoms with Gasteiger partial charge in [-0.25, -0.2) is 4.68 Å². The molecule has 0 spiro atoms. The molecule has 42 heavy (non-hydrogen) atoms. The van der Waals surface area contributed by atoms with E-state index in [9.17, 15) is 19.6 Å². The Morgan fingerprint density at radius 2 is 1.69 bits per heavy atom. The van der Waals surface area contributed by atoms with Crippen LogP contribution < -0.4 is 20.9 Å². The minimum absolute atomic E-state index is 0.0772. The van der Waals surface area contributed by atoms with Crippen molar-refractivity contribution < 1.29 is 4.79 Å². The second-order valence-electron chi connectivity index (χ2n) is 10.6. The van der Waals surface area contributed by atoms with Crippen LogP contribution in [0.5, 0.6) is 0 Å². The highest BCUT2D eigenvalue weighted by Crippen LogP contribution is 2.39. The summed E-state index contributed by atoms with van der Waals surface area (Å²) in [4.78, 5) is 45.1. The minimum Gasteiger partial charge on any atom is -0.357 e. The van der Waals surface area contributed by atoms with Gasteiger partial charge in [0.25, 0.3) is 17.0 Å². The molecule has 9 nitrogen and oxygen atoms in total. The molecule has 0 N–H and O–H groups in total. The lowest BCUT2D eigenvalue weighted by Crippen LogP contribution is -2.35. The first-order chi connectivity index (χ1) is 20.2. The minimum atomic E-state index is -0.399. The van der Waals surface area contributed by atoms with E-state index in [0.717, 1.165) is 62.8 Å². The number of aromatic nitrogens is 3. The second kappa shape index (κ2) is 12.2. The number of hydrogen-bond acceptors (Lipinski definition) is 7. The predicted octanol–water partition coefficient (Wildman–Crippen LogP) is 5.02. The van der Waals surface area contributed by atoms with Gasteiger partial charge in [-0.15, -0.1) is 0 Å². The summed E-state index contributed by atoms with van der Waals surface area (Å²) in [7, 11) is 1.78. The van der Waals surface area contributed by atoms with Crippen molar-refractivity contribution in [2.75, 3.05) is 22.9 Å². The highest BCUT2D eigenvalue weighted by molar-refractivity contribution is 8.27. The number of thiocarbonyl (C=S) groups is 1. The molecule has 2 aliphatic heterocycles. The van der Waals surface area contributed by atoms with Gasteiger partial charge in [0.15, 0.2) is 4.32 Å². The fourth-order valence-electron chi connectivity index (χ4n) is 5.80. The molecule has 4 heterocycles. The third kappa shape index (κ3) is 5.03. The first-order valence-electron chi connectivity index (χ1n) is 14.3. The first-order valence-corrected chi connectivity index (χ1v) is 15.5. The Kier molecular flexibility index (Phi) is 8.57. The number of benzene rings is 1. The molecule has 0 aliphatic carbocycles. The molecule has 1 aromatic carbocycles. The average Bonchev–Trinajstić information content (AvgIpc) is 3.22. The maximum absolute atomic E-state index is 14.0. The van der Waals surface area contributed by atoms with E-state index in [1.54, 1.807) is 36.2 Å². The van der Waals surface area contributed by atoms with Crippen LogP contribution in [0.4, 0.5) is 11.5 Å². The lowest BCUT2D eigenvalue weighted by molar-refractivity contribution is -0.113. The quantitative estimate of drug-likeness (QED) is 0.289. The molecule has 0 radical (unpaired) electrons. The van der Waals surface area contributed by atoms with Crippen LogP contribution in [-0.2, 0) is 18.4 Å². The van der Waals surface area contributed by atoms with E-state index in [0.29, 0.717) is 34.0 Å². The van der Waals surface area contributed by atoms with E-state index in [1.165, 1.54) is 9.58 Å². The zero-order chi connectivity index (χ0) is 30.1. The summed E-state index contributed by atoms with van der Waals surface area (Å²) in [6, 6.07) is 11.4. The first kappa shape index (κ1) is 29.6. The third-order valence-electron chi connectivity index (χ3n) is 8.02. The molecule has 2 fully saturated rings. The fourth-order valence-corrected chi connectivity index (χ4v) is 7.05. The van der Waals surface area contributed by atoms with E-state index < -0.39 is 5.91 Å². The number of para-hydroxylation sites is 1. The van der Waals surface area contributed by atoms with Crippen LogP contribution in [0, 0.1) is 25.2 Å². The number of anilines is 2. The zero-order valence-corrected chi connectivity index (χ0v) is 26.0. The Bertz CT molecular complexity index is 1750. The molecule has 11 heteroatoms. The molecule has 1 amide bonds. The maximum atomic E-state index is 14.0. The molecule has 2 aromatic heterocycles. The summed E-state index contributed by atoms with van der Waals surface area (Å²) in [5, 5.41) is 9.95. The monoisotopic (exact) mass is 602 g/mol. The van der Waals surface area contributed by atoms with E-state index >= 15 is 0 Å². The van der Waals surface area contributed by atoms with Gasteiger partial charge < -0.3 is 4.90 Å². The highest BCUT2D eigenvalue weighted by Gasteiger charge is 2.38. The summed E-state index contributed by atoms with van der Waals surface area (Å²) >= 11 is 6.81. The van der Waals surface area contributed by atoms with Crippen molar-refractivity contribution in [3.63, 3.8) is 0 Å². The lowest BCUT2D eigenvalue weighted by Gasteiger charge is -2.29. The summed E-state index contributed by atoms with van der Waals surface area (Å²) in [6.07, 6.45) is 6.72. The normalized spacial score (nSPS) is 16.8. The van der Waals surface area contributed by atoms with Crippen LogP contribution in [0.3, 0.4) is 0 Å². The number of carbonyl (C=O) groups excluding carboxylic acids is 1. The van der Waals surface area contributed by atoms with Crippen LogP contribution in [0.2, 0.25) is 0 Å². The van der Waals surface area contributed by atoms with Gasteiger partial charge in [0, 0.05) is 32.2 Å². The highest BCUT2D eigenvalue weighted by atomic mass is 32.2. The van der Waals surface area contributed by atoms with Gasteiger partial charge in [-0.2, -0.15) is 5.26 Å². The fraction of sp³-hybridized carbons (Fsp3) is 0.387. The van der Waals surface area contributed by atoms with Crippen LogP contribution >= 0.6 is 24.0 Å². The number of amides is 1. The molecule has 0 bridgehead atoms. The summed E-state index contributed by atoms with van der Waals surface area (Å²) in [5.41, 5.74) is 2.14. The van der Waals surface area contributed by atoms with Crippen LogP contribution in [0.1, 0.15) is 61.4 Å². The molecule has 0 unspecified atom stereocenters. The Hall–Kier alpha value is -3.88. The Morgan fingerprint density at radius 1 is 1.02 bits per heavy atom. The Balaban J connectivity index is 1.67. The van der Waals surface area contributed by atoms with Crippen molar-refractivity contribution in [3.05, 3.63) is 78.3 Å². The molecule has 3 aromatic rings. The van der Waals surface area contributed by atoms with Crippen molar-refractivity contribution in [1.82, 2.24) is 13.9 Å². The zero-order valence-electron chi connectivity index (χ0n) is 24.3. The molecule has 0 saturated carbocycles. The predicted molar refractivity (Wildman–Crippen MR) is 173 cm³/mol. The summed E-state index contributed by atoms with van der Waals surface area (Å²) in [6.45, 7) is 7.60. The van der Waals surface area contributed by atoms with Crippen molar-refractivity contribution >= 4 is 51.8 Å². The van der Waals surface area contributed by atoms with Gasteiger partial charge >= 0.3 is 0 Å². The van der Waals surface area contributed by atoms with Gasteiger partial charge in [0.05, 0.1) is 16.3 Å². The second-order valence-corrected chi connectivity index (χ2v) is 12.3. The van der Waals surface area contributed by atoms with Crippen molar-refractivity contribution in [2.45, 2.75) is 59.4 Å². The molecule has 218 valence electrons. The van der Waals surface area contributed by atoms with E-state index in [1.807, 2.05) is 37.3 Å². The average molecular weight is 603 g/mol.